The van der Waals surface area contributed by atoms with Crippen LogP contribution in [0.3, 0.4) is 0 Å². The number of carboxylic acid groups (broad SMARTS) is 1. The number of aromatic nitrogens is 2. The van der Waals surface area contributed by atoms with E-state index < -0.39 is 47.9 Å². The molecule has 0 aliphatic carbocycles. The first kappa shape index (κ1) is 29.6. The summed E-state index contributed by atoms with van der Waals surface area (Å²) in [5.41, 5.74) is 6.91. The maximum Gasteiger partial charge on any atom is 0.326 e. The van der Waals surface area contributed by atoms with Crippen LogP contribution in [-0.2, 0) is 32.0 Å². The summed E-state index contributed by atoms with van der Waals surface area (Å²) in [7, 11) is 0. The van der Waals surface area contributed by atoms with Gasteiger partial charge in [-0.05, 0) is 30.0 Å². The number of rotatable bonds is 14. The van der Waals surface area contributed by atoms with Crippen LogP contribution in [0.5, 0.6) is 5.75 Å². The summed E-state index contributed by atoms with van der Waals surface area (Å²) in [5.74, 6) is -3.09. The topological polar surface area (TPSA) is 200 Å². The molecule has 1 aromatic carbocycles. The summed E-state index contributed by atoms with van der Waals surface area (Å²) in [4.78, 5) is 57.4. The fourth-order valence-corrected chi connectivity index (χ4v) is 3.67. The number of aliphatic carboxylic acids is 1. The van der Waals surface area contributed by atoms with E-state index in [1.807, 2.05) is 13.8 Å². The number of imidazole rings is 1. The first-order valence-electron chi connectivity index (χ1n) is 11.8. The smallest absolute Gasteiger partial charge is 0.326 e. The van der Waals surface area contributed by atoms with Crippen molar-refractivity contribution in [2.75, 3.05) is 5.75 Å². The van der Waals surface area contributed by atoms with Crippen molar-refractivity contribution >= 4 is 36.3 Å². The Morgan fingerprint density at radius 2 is 1.54 bits per heavy atom. The molecule has 0 saturated carbocycles. The number of hydrogen-bond acceptors (Lipinski definition) is 8. The summed E-state index contributed by atoms with van der Waals surface area (Å²) in [6, 6.07) is 1.64. The van der Waals surface area contributed by atoms with Crippen molar-refractivity contribution in [3.05, 3.63) is 48.0 Å². The average Bonchev–Trinajstić information content (AvgIpc) is 3.36. The zero-order chi connectivity index (χ0) is 27.5. The molecule has 2 rings (SSSR count). The van der Waals surface area contributed by atoms with E-state index in [0.29, 0.717) is 11.3 Å². The summed E-state index contributed by atoms with van der Waals surface area (Å²) in [5, 5.41) is 26.8. The Bertz CT molecular complexity index is 1050. The lowest BCUT2D eigenvalue weighted by Crippen LogP contribution is -2.58. The van der Waals surface area contributed by atoms with Gasteiger partial charge in [0.2, 0.25) is 17.7 Å². The molecule has 0 saturated heterocycles. The van der Waals surface area contributed by atoms with Crippen molar-refractivity contribution in [2.45, 2.75) is 57.3 Å². The summed E-state index contributed by atoms with van der Waals surface area (Å²) in [6.07, 6.45) is 3.16. The van der Waals surface area contributed by atoms with Gasteiger partial charge >= 0.3 is 5.97 Å². The van der Waals surface area contributed by atoms with Crippen LogP contribution in [-0.4, -0.2) is 73.8 Å². The van der Waals surface area contributed by atoms with Crippen LogP contribution in [0.1, 0.15) is 31.5 Å². The fraction of sp³-hybridized carbons (Fsp3) is 0.458. The summed E-state index contributed by atoms with van der Waals surface area (Å²) in [6.45, 7) is 3.66. The predicted molar refractivity (Wildman–Crippen MR) is 139 cm³/mol. The molecule has 202 valence electrons. The molecule has 4 atom stereocenters. The van der Waals surface area contributed by atoms with Crippen molar-refractivity contribution in [1.29, 1.82) is 0 Å². The molecule has 8 N–H and O–H groups in total. The van der Waals surface area contributed by atoms with E-state index >= 15 is 0 Å². The van der Waals surface area contributed by atoms with Gasteiger partial charge in [-0.3, -0.25) is 14.4 Å². The van der Waals surface area contributed by atoms with Gasteiger partial charge in [0.25, 0.3) is 0 Å². The third kappa shape index (κ3) is 9.77. The van der Waals surface area contributed by atoms with Gasteiger partial charge in [0.1, 0.15) is 23.9 Å². The number of aromatic amines is 1. The lowest BCUT2D eigenvalue weighted by Gasteiger charge is -2.25. The van der Waals surface area contributed by atoms with E-state index in [0.717, 1.165) is 0 Å². The maximum atomic E-state index is 13.3. The maximum absolute atomic E-state index is 13.3. The second kappa shape index (κ2) is 14.2. The molecule has 37 heavy (non-hydrogen) atoms. The van der Waals surface area contributed by atoms with E-state index in [2.05, 4.69) is 38.5 Å². The molecular formula is C24H34N6O6S. The minimum atomic E-state index is -1.19. The number of phenols is 1. The molecule has 4 unspecified atom stereocenters. The van der Waals surface area contributed by atoms with Crippen molar-refractivity contribution in [2.24, 2.45) is 11.7 Å². The number of hydrogen-bond donors (Lipinski definition) is 8. The number of H-pyrrole nitrogens is 1. The molecule has 12 nitrogen and oxygen atoms in total. The molecule has 1 heterocycles. The lowest BCUT2D eigenvalue weighted by molar-refractivity contribution is -0.142. The molecule has 0 aliphatic heterocycles. The number of aromatic hydroxyl groups is 1. The van der Waals surface area contributed by atoms with Crippen LogP contribution >= 0.6 is 12.6 Å². The van der Waals surface area contributed by atoms with Gasteiger partial charge in [-0.15, -0.1) is 0 Å². The van der Waals surface area contributed by atoms with E-state index in [1.54, 1.807) is 12.1 Å². The Labute approximate surface area is 220 Å². The standard InChI is InChI=1S/C24H34N6O6S/c1-13(2)7-20(24(35)36)30-22(33)18(8-14-3-5-16(31)6-4-14)29-23(34)19(9-15-10-26-12-27-15)28-21(32)17(25)11-37/h3-6,10,12-13,17-20,31,37H,7-9,11,25H2,1-2H3,(H,26,27)(H,28,32)(H,29,34)(H,30,33)(H,35,36). The van der Waals surface area contributed by atoms with Crippen LogP contribution in [0, 0.1) is 5.92 Å². The number of phenolic OH excluding ortho intramolecular Hbond substituents is 1. The Morgan fingerprint density at radius 1 is 0.973 bits per heavy atom. The van der Waals surface area contributed by atoms with Crippen molar-refractivity contribution < 1.29 is 29.4 Å². The van der Waals surface area contributed by atoms with Gasteiger partial charge in [-0.1, -0.05) is 26.0 Å². The molecular weight excluding hydrogens is 500 g/mol. The number of nitrogens with one attached hydrogen (secondary N) is 4. The molecule has 2 aromatic rings. The van der Waals surface area contributed by atoms with Crippen molar-refractivity contribution in [3.8, 4) is 5.75 Å². The highest BCUT2D eigenvalue weighted by Crippen LogP contribution is 2.13. The second-order valence-corrected chi connectivity index (χ2v) is 9.46. The van der Waals surface area contributed by atoms with Crippen LogP contribution in [0.25, 0.3) is 0 Å². The normalized spacial score (nSPS) is 14.3. The van der Waals surface area contributed by atoms with Gasteiger partial charge < -0.3 is 36.9 Å². The summed E-state index contributed by atoms with van der Waals surface area (Å²) >= 11 is 4.01. The predicted octanol–water partition coefficient (Wildman–Crippen LogP) is -0.257. The number of nitrogens with zero attached hydrogens (tertiary/aromatic N) is 1. The number of amides is 3. The quantitative estimate of drug-likeness (QED) is 0.152. The van der Waals surface area contributed by atoms with E-state index in [4.69, 9.17) is 5.73 Å². The monoisotopic (exact) mass is 534 g/mol. The number of nitrogens with two attached hydrogens (primary N) is 1. The van der Waals surface area contributed by atoms with Gasteiger partial charge in [0.15, 0.2) is 0 Å². The van der Waals surface area contributed by atoms with E-state index in [1.165, 1.54) is 24.7 Å². The van der Waals surface area contributed by atoms with Crippen LogP contribution < -0.4 is 21.7 Å². The van der Waals surface area contributed by atoms with Crippen molar-refractivity contribution in [1.82, 2.24) is 25.9 Å². The molecule has 0 aliphatic rings. The van der Waals surface area contributed by atoms with Crippen LogP contribution in [0.2, 0.25) is 0 Å². The first-order valence-corrected chi connectivity index (χ1v) is 12.4. The van der Waals surface area contributed by atoms with Gasteiger partial charge in [0.05, 0.1) is 12.4 Å². The first-order chi connectivity index (χ1) is 17.5. The highest BCUT2D eigenvalue weighted by molar-refractivity contribution is 7.80. The average molecular weight is 535 g/mol. The van der Waals surface area contributed by atoms with Crippen molar-refractivity contribution in [3.63, 3.8) is 0 Å². The zero-order valence-electron chi connectivity index (χ0n) is 20.7. The number of carboxylic acids is 1. The highest BCUT2D eigenvalue weighted by Gasteiger charge is 2.31. The zero-order valence-corrected chi connectivity index (χ0v) is 21.6. The third-order valence-corrected chi connectivity index (χ3v) is 5.87. The molecule has 1 aromatic heterocycles. The lowest BCUT2D eigenvalue weighted by atomic mass is 10.0. The van der Waals surface area contributed by atoms with Gasteiger partial charge in [0, 0.05) is 30.5 Å². The molecule has 0 bridgehead atoms. The second-order valence-electron chi connectivity index (χ2n) is 9.09. The van der Waals surface area contributed by atoms with E-state index in [9.17, 15) is 29.4 Å². The molecule has 0 fully saturated rings. The van der Waals surface area contributed by atoms with Gasteiger partial charge in [-0.2, -0.15) is 12.6 Å². The Morgan fingerprint density at radius 3 is 2.05 bits per heavy atom. The molecule has 0 radical (unpaired) electrons. The number of carbonyl (C=O) groups excluding carboxylic acids is 3. The minimum Gasteiger partial charge on any atom is -0.508 e. The Kier molecular flexibility index (Phi) is 11.4. The SMILES string of the molecule is CC(C)CC(NC(=O)C(Cc1ccc(O)cc1)NC(=O)C(Cc1cnc[nH]1)NC(=O)C(N)CS)C(=O)O. The Hall–Kier alpha value is -3.58. The molecule has 13 heteroatoms. The highest BCUT2D eigenvalue weighted by atomic mass is 32.1. The molecule has 3 amide bonds. The number of benzene rings is 1. The minimum absolute atomic E-state index is 0.00317. The number of thiol groups is 1. The number of carbonyl (C=O) groups is 4. The Balaban J connectivity index is 2.29. The van der Waals surface area contributed by atoms with Crippen LogP contribution in [0.15, 0.2) is 36.8 Å². The fourth-order valence-electron chi connectivity index (χ4n) is 3.50. The molecule has 0 spiro atoms. The van der Waals surface area contributed by atoms with Crippen LogP contribution in [0.4, 0.5) is 0 Å². The largest absolute Gasteiger partial charge is 0.508 e. The summed E-state index contributed by atoms with van der Waals surface area (Å²) < 4.78 is 0. The third-order valence-electron chi connectivity index (χ3n) is 5.48. The van der Waals surface area contributed by atoms with Gasteiger partial charge in [-0.25, -0.2) is 9.78 Å². The van der Waals surface area contributed by atoms with E-state index in [-0.39, 0.29) is 36.7 Å².